The van der Waals surface area contributed by atoms with E-state index in [4.69, 9.17) is 4.12 Å². The molecular weight excluding hydrogens is 188 g/mol. The number of esters is 1. The molecule has 0 aromatic rings. The molecule has 0 aliphatic heterocycles. The normalized spacial score (nSPS) is 8.67. The van der Waals surface area contributed by atoms with Gasteiger partial charge in [0.1, 0.15) is 10.5 Å². The van der Waals surface area contributed by atoms with E-state index in [1.807, 2.05) is 0 Å². The molecule has 0 aromatic heterocycles. The molecule has 0 saturated heterocycles. The summed E-state index contributed by atoms with van der Waals surface area (Å²) in [6.07, 6.45) is 1.14. The summed E-state index contributed by atoms with van der Waals surface area (Å²) in [6.45, 7) is 9.72. The van der Waals surface area contributed by atoms with Crippen molar-refractivity contribution in [2.75, 3.05) is 6.61 Å². The smallest absolute Gasteiger partial charge is 0.330 e. The van der Waals surface area contributed by atoms with Gasteiger partial charge in [-0.05, 0) is 20.0 Å². The van der Waals surface area contributed by atoms with E-state index in [2.05, 4.69) is 24.4 Å². The Bertz CT molecular complexity index is 126. The van der Waals surface area contributed by atoms with Gasteiger partial charge >= 0.3 is 5.97 Å². The molecule has 0 rings (SSSR count). The van der Waals surface area contributed by atoms with Crippen LogP contribution < -0.4 is 0 Å². The lowest BCUT2D eigenvalue weighted by Gasteiger charge is -1.93. The molecule has 0 heterocycles. The third-order valence-corrected chi connectivity index (χ3v) is 4.70. The first-order valence-corrected chi connectivity index (χ1v) is 7.50. The molecular formula is C7H18O3Si2. The number of rotatable bonds is 3. The van der Waals surface area contributed by atoms with Gasteiger partial charge < -0.3 is 8.85 Å². The Morgan fingerprint density at radius 2 is 2.08 bits per heavy atom. The highest BCUT2D eigenvalue weighted by molar-refractivity contribution is 6.52. The van der Waals surface area contributed by atoms with E-state index in [0.29, 0.717) is 6.61 Å². The highest BCUT2D eigenvalue weighted by Gasteiger charge is 1.86. The van der Waals surface area contributed by atoms with Gasteiger partial charge in [0, 0.05) is 6.08 Å². The van der Waals surface area contributed by atoms with Gasteiger partial charge in [-0.2, -0.15) is 0 Å². The van der Waals surface area contributed by atoms with Crippen LogP contribution in [0, 0.1) is 0 Å². The van der Waals surface area contributed by atoms with E-state index >= 15 is 0 Å². The van der Waals surface area contributed by atoms with Gasteiger partial charge in [0.2, 0.25) is 0 Å². The van der Waals surface area contributed by atoms with Crippen LogP contribution in [0.4, 0.5) is 0 Å². The minimum atomic E-state index is -0.588. The summed E-state index contributed by atoms with van der Waals surface area (Å²) in [7, 11) is 0.347. The largest absolute Gasteiger partial charge is 0.466 e. The van der Waals surface area contributed by atoms with Gasteiger partial charge in [0.25, 0.3) is 0 Å². The fourth-order valence-electron chi connectivity index (χ4n) is 0.201. The second kappa shape index (κ2) is 10.6. The van der Waals surface area contributed by atoms with Crippen molar-refractivity contribution in [1.29, 1.82) is 0 Å². The third-order valence-electron chi connectivity index (χ3n) is 0.925. The Kier molecular flexibility index (Phi) is 12.5. The first-order valence-electron chi connectivity index (χ1n) is 3.90. The Morgan fingerprint density at radius 1 is 1.67 bits per heavy atom. The molecule has 0 spiro atoms. The lowest BCUT2D eigenvalue weighted by atomic mass is 10.6. The average molecular weight is 206 g/mol. The van der Waals surface area contributed by atoms with Crippen molar-refractivity contribution in [1.82, 2.24) is 0 Å². The fourth-order valence-corrected chi connectivity index (χ4v) is 0.201. The molecule has 0 fully saturated rings. The van der Waals surface area contributed by atoms with Crippen LogP contribution in [0.15, 0.2) is 12.7 Å². The van der Waals surface area contributed by atoms with Gasteiger partial charge in [-0.3, -0.25) is 0 Å². The van der Waals surface area contributed by atoms with E-state index in [1.54, 1.807) is 6.92 Å². The van der Waals surface area contributed by atoms with Crippen LogP contribution in [-0.4, -0.2) is 32.1 Å². The predicted octanol–water partition coefficient (Wildman–Crippen LogP) is 0.00230. The minimum absolute atomic E-state index is 0.359. The molecule has 3 nitrogen and oxygen atoms in total. The summed E-state index contributed by atoms with van der Waals surface area (Å²) in [4.78, 5) is 10.1. The molecule has 0 atom stereocenters. The molecule has 0 aliphatic rings. The number of hydrogen-bond acceptors (Lipinski definition) is 3. The molecule has 0 radical (unpaired) electrons. The summed E-state index contributed by atoms with van der Waals surface area (Å²) < 4.78 is 9.46. The maximum atomic E-state index is 10.1. The monoisotopic (exact) mass is 206 g/mol. The van der Waals surface area contributed by atoms with Crippen LogP contribution in [0.1, 0.15) is 6.92 Å². The van der Waals surface area contributed by atoms with Crippen LogP contribution >= 0.6 is 0 Å². The molecule has 12 heavy (non-hydrogen) atoms. The minimum Gasteiger partial charge on any atom is -0.466 e. The number of carbonyl (C=O) groups excluding carboxylic acids is 1. The molecule has 0 N–H and O–H groups in total. The molecule has 5 heteroatoms. The van der Waals surface area contributed by atoms with E-state index < -0.39 is 9.04 Å². The predicted molar refractivity (Wildman–Crippen MR) is 56.7 cm³/mol. The van der Waals surface area contributed by atoms with Crippen molar-refractivity contribution in [3.8, 4) is 0 Å². The van der Waals surface area contributed by atoms with Gasteiger partial charge in [0.05, 0.1) is 6.61 Å². The molecule has 0 saturated carbocycles. The lowest BCUT2D eigenvalue weighted by Crippen LogP contribution is -2.02. The second-order valence-electron chi connectivity index (χ2n) is 2.24. The van der Waals surface area contributed by atoms with Crippen molar-refractivity contribution in [2.45, 2.75) is 20.0 Å². The van der Waals surface area contributed by atoms with Crippen LogP contribution in [0.3, 0.4) is 0 Å². The number of carbonyl (C=O) groups is 1. The van der Waals surface area contributed by atoms with E-state index in [9.17, 15) is 4.79 Å². The van der Waals surface area contributed by atoms with Gasteiger partial charge in [-0.1, -0.05) is 6.58 Å². The molecule has 72 valence electrons. The number of hydrogen-bond donors (Lipinski definition) is 0. The van der Waals surface area contributed by atoms with Gasteiger partial charge in [-0.25, -0.2) is 4.79 Å². The van der Waals surface area contributed by atoms with Crippen molar-refractivity contribution in [2.24, 2.45) is 0 Å². The Morgan fingerprint density at radius 3 is 2.17 bits per heavy atom. The van der Waals surface area contributed by atoms with Crippen LogP contribution in [-0.2, 0) is 13.6 Å². The lowest BCUT2D eigenvalue weighted by molar-refractivity contribution is -0.137. The zero-order valence-corrected chi connectivity index (χ0v) is 11.4. The Hall–Kier alpha value is -0.396. The molecule has 0 amide bonds. The molecule has 0 aliphatic carbocycles. The second-order valence-corrected chi connectivity index (χ2v) is 6.22. The number of ether oxygens (including phenoxy) is 1. The third kappa shape index (κ3) is 16.3. The van der Waals surface area contributed by atoms with Crippen molar-refractivity contribution < 1.29 is 13.6 Å². The first-order chi connectivity index (χ1) is 5.58. The Balaban J connectivity index is 0. The average Bonchev–Trinajstić information content (AvgIpc) is 2.06. The van der Waals surface area contributed by atoms with Crippen LogP contribution in [0.25, 0.3) is 0 Å². The van der Waals surface area contributed by atoms with Crippen molar-refractivity contribution >= 4 is 25.5 Å². The van der Waals surface area contributed by atoms with E-state index in [0.717, 1.165) is 16.6 Å². The summed E-state index contributed by atoms with van der Waals surface area (Å²) in [5.74, 6) is -0.359. The van der Waals surface area contributed by atoms with Crippen LogP contribution in [0.2, 0.25) is 13.1 Å². The SMILES string of the molecule is C=CC(=O)OCC.C[SiH](C)O[SiH3]. The van der Waals surface area contributed by atoms with Gasteiger partial charge in [0.15, 0.2) is 9.04 Å². The van der Waals surface area contributed by atoms with Gasteiger partial charge in [-0.15, -0.1) is 0 Å². The van der Waals surface area contributed by atoms with Crippen molar-refractivity contribution in [3.05, 3.63) is 12.7 Å². The molecule has 0 aromatic carbocycles. The highest BCUT2D eigenvalue weighted by Crippen LogP contribution is 1.74. The standard InChI is InChI=1S/C5H8O2.C2H10OSi2/c1-3-5(6)7-4-2;1-5(2)3-4/h3H,1,4H2,2H3;5H,1-2,4H3. The first kappa shape index (κ1) is 14.1. The maximum Gasteiger partial charge on any atom is 0.330 e. The van der Waals surface area contributed by atoms with E-state index in [1.165, 1.54) is 0 Å². The maximum absolute atomic E-state index is 10.1. The zero-order chi connectivity index (χ0) is 9.98. The fraction of sp³-hybridized carbons (Fsp3) is 0.571. The Labute approximate surface area is 79.0 Å². The summed E-state index contributed by atoms with van der Waals surface area (Å²) in [6, 6.07) is 0. The van der Waals surface area contributed by atoms with Crippen molar-refractivity contribution in [3.63, 3.8) is 0 Å². The molecule has 0 unspecified atom stereocenters. The quantitative estimate of drug-likeness (QED) is 0.370. The zero-order valence-electron chi connectivity index (χ0n) is 8.29. The summed E-state index contributed by atoms with van der Waals surface area (Å²) >= 11 is 0. The summed E-state index contributed by atoms with van der Waals surface area (Å²) in [5, 5.41) is 0. The topological polar surface area (TPSA) is 35.5 Å². The summed E-state index contributed by atoms with van der Waals surface area (Å²) in [5.41, 5.74) is 0. The molecule has 0 bridgehead atoms. The van der Waals surface area contributed by atoms with E-state index in [-0.39, 0.29) is 5.97 Å². The highest BCUT2D eigenvalue weighted by atomic mass is 28.3. The van der Waals surface area contributed by atoms with Crippen LogP contribution in [0.5, 0.6) is 0 Å².